The number of nitrogens with one attached hydrogen (secondary N) is 1. The van der Waals surface area contributed by atoms with E-state index in [-0.39, 0.29) is 5.75 Å². The monoisotopic (exact) mass is 340 g/mol. The molecular weight excluding hydrogens is 322 g/mol. The van der Waals surface area contributed by atoms with Crippen molar-refractivity contribution in [1.29, 1.82) is 0 Å². The Morgan fingerprint density at radius 3 is 1.88 bits per heavy atom. The SMILES string of the molecule is CS(=O)(=O)CCNCc1ccc(C#Cc2ccc([C]=O)cc2)cc1. The lowest BCUT2D eigenvalue weighted by molar-refractivity contribution is 0.562. The zero-order valence-corrected chi connectivity index (χ0v) is 14.2. The molecule has 0 aliphatic heterocycles. The maximum Gasteiger partial charge on any atom is 0.233 e. The summed E-state index contributed by atoms with van der Waals surface area (Å²) < 4.78 is 22.1. The zero-order chi connectivity index (χ0) is 17.4. The number of sulfone groups is 1. The number of rotatable bonds is 6. The van der Waals surface area contributed by atoms with Crippen LogP contribution in [0.1, 0.15) is 22.3 Å². The molecule has 5 heteroatoms. The molecule has 0 saturated heterocycles. The van der Waals surface area contributed by atoms with E-state index in [0.29, 0.717) is 18.7 Å². The summed E-state index contributed by atoms with van der Waals surface area (Å²) in [4.78, 5) is 10.5. The van der Waals surface area contributed by atoms with Crippen molar-refractivity contribution in [1.82, 2.24) is 5.32 Å². The quantitative estimate of drug-likeness (QED) is 0.642. The molecule has 0 aliphatic carbocycles. The Bertz CT molecular complexity index is 842. The first-order valence-electron chi connectivity index (χ1n) is 7.44. The predicted octanol–water partition coefficient (Wildman–Crippen LogP) is 1.68. The first-order chi connectivity index (χ1) is 11.5. The van der Waals surface area contributed by atoms with Crippen LogP contribution in [0.25, 0.3) is 0 Å². The van der Waals surface area contributed by atoms with Crippen LogP contribution in [0, 0.1) is 11.8 Å². The minimum Gasteiger partial charge on any atom is -0.312 e. The molecular formula is C19H18NO3S. The van der Waals surface area contributed by atoms with E-state index in [1.165, 1.54) is 6.26 Å². The number of carbonyl (C=O) groups excluding carboxylic acids is 1. The highest BCUT2D eigenvalue weighted by molar-refractivity contribution is 7.90. The molecule has 2 rings (SSSR count). The van der Waals surface area contributed by atoms with Gasteiger partial charge in [0, 0.05) is 36.0 Å². The maximum absolute atomic E-state index is 11.0. The first kappa shape index (κ1) is 17.9. The fourth-order valence-corrected chi connectivity index (χ4v) is 2.48. The molecule has 0 fully saturated rings. The van der Waals surface area contributed by atoms with Gasteiger partial charge < -0.3 is 5.32 Å². The third-order valence-corrected chi connectivity index (χ3v) is 4.23. The van der Waals surface area contributed by atoms with Crippen LogP contribution in [-0.2, 0) is 21.2 Å². The van der Waals surface area contributed by atoms with Crippen LogP contribution in [0.2, 0.25) is 0 Å². The first-order valence-corrected chi connectivity index (χ1v) is 9.50. The summed E-state index contributed by atoms with van der Waals surface area (Å²) in [5, 5.41) is 3.10. The topological polar surface area (TPSA) is 63.2 Å². The third-order valence-electron chi connectivity index (χ3n) is 3.29. The van der Waals surface area contributed by atoms with Crippen LogP contribution in [0.4, 0.5) is 0 Å². The van der Waals surface area contributed by atoms with E-state index in [0.717, 1.165) is 16.7 Å². The Kier molecular flexibility index (Phi) is 6.30. The Hall–Kier alpha value is -2.42. The normalized spacial score (nSPS) is 10.7. The van der Waals surface area contributed by atoms with Crippen molar-refractivity contribution < 1.29 is 13.2 Å². The highest BCUT2D eigenvalue weighted by Crippen LogP contribution is 2.05. The van der Waals surface area contributed by atoms with Gasteiger partial charge in [0.15, 0.2) is 0 Å². The molecule has 1 N–H and O–H groups in total. The number of hydrogen-bond acceptors (Lipinski definition) is 4. The highest BCUT2D eigenvalue weighted by atomic mass is 32.2. The van der Waals surface area contributed by atoms with Gasteiger partial charge in [0.2, 0.25) is 6.29 Å². The standard InChI is InChI=1S/C19H18NO3S/c1-24(22,23)13-12-20-14-18-8-4-16(5-9-18)2-3-17-6-10-19(15-21)11-7-17/h4-11,20H,12-14H2,1H3. The summed E-state index contributed by atoms with van der Waals surface area (Å²) >= 11 is 0. The highest BCUT2D eigenvalue weighted by Gasteiger charge is 2.00. The number of benzene rings is 2. The van der Waals surface area contributed by atoms with E-state index in [2.05, 4.69) is 17.2 Å². The molecule has 0 bridgehead atoms. The average Bonchev–Trinajstić information content (AvgIpc) is 2.57. The largest absolute Gasteiger partial charge is 0.312 e. The summed E-state index contributed by atoms with van der Waals surface area (Å²) in [5.41, 5.74) is 3.30. The van der Waals surface area contributed by atoms with Crippen LogP contribution >= 0.6 is 0 Å². The number of hydrogen-bond donors (Lipinski definition) is 1. The van der Waals surface area contributed by atoms with Gasteiger partial charge in [-0.25, -0.2) is 8.42 Å². The van der Waals surface area contributed by atoms with Crippen molar-refractivity contribution in [2.24, 2.45) is 0 Å². The average molecular weight is 340 g/mol. The lowest BCUT2D eigenvalue weighted by atomic mass is 10.1. The van der Waals surface area contributed by atoms with E-state index in [1.54, 1.807) is 24.3 Å². The Morgan fingerprint density at radius 1 is 0.875 bits per heavy atom. The van der Waals surface area contributed by atoms with Gasteiger partial charge in [0.25, 0.3) is 0 Å². The molecule has 0 aliphatic rings. The molecule has 1 radical (unpaired) electrons. The fraction of sp³-hybridized carbons (Fsp3) is 0.211. The Balaban J connectivity index is 1.90. The van der Waals surface area contributed by atoms with Crippen LogP contribution in [0.3, 0.4) is 0 Å². The van der Waals surface area contributed by atoms with Crippen LogP contribution < -0.4 is 5.32 Å². The smallest absolute Gasteiger partial charge is 0.233 e. The summed E-state index contributed by atoms with van der Waals surface area (Å²) in [5.74, 6) is 6.24. The van der Waals surface area contributed by atoms with Crippen LogP contribution in [0.15, 0.2) is 48.5 Å². The predicted molar refractivity (Wildman–Crippen MR) is 95.1 cm³/mol. The Labute approximate surface area is 142 Å². The van der Waals surface area contributed by atoms with E-state index in [4.69, 9.17) is 0 Å². The lowest BCUT2D eigenvalue weighted by Gasteiger charge is -2.04. The zero-order valence-electron chi connectivity index (χ0n) is 13.4. The van der Waals surface area contributed by atoms with Crippen molar-refractivity contribution in [3.63, 3.8) is 0 Å². The maximum atomic E-state index is 11.0. The van der Waals surface area contributed by atoms with Crippen molar-refractivity contribution in [2.45, 2.75) is 6.54 Å². The van der Waals surface area contributed by atoms with Gasteiger partial charge >= 0.3 is 0 Å². The molecule has 0 unspecified atom stereocenters. The van der Waals surface area contributed by atoms with E-state index in [9.17, 15) is 13.2 Å². The van der Waals surface area contributed by atoms with Gasteiger partial charge in [-0.1, -0.05) is 24.0 Å². The van der Waals surface area contributed by atoms with Gasteiger partial charge in [0.05, 0.1) is 5.75 Å². The summed E-state index contributed by atoms with van der Waals surface area (Å²) in [6.45, 7) is 1.06. The van der Waals surface area contributed by atoms with Crippen molar-refractivity contribution in [3.05, 3.63) is 70.8 Å². The van der Waals surface area contributed by atoms with Gasteiger partial charge in [-0.2, -0.15) is 0 Å². The molecule has 0 amide bonds. The lowest BCUT2D eigenvalue weighted by Crippen LogP contribution is -2.21. The molecule has 0 atom stereocenters. The molecule has 2 aromatic rings. The van der Waals surface area contributed by atoms with Gasteiger partial charge in [-0.05, 0) is 42.0 Å². The van der Waals surface area contributed by atoms with E-state index < -0.39 is 9.84 Å². The second kappa shape index (κ2) is 8.44. The van der Waals surface area contributed by atoms with Crippen LogP contribution in [-0.4, -0.2) is 33.3 Å². The molecule has 0 spiro atoms. The Morgan fingerprint density at radius 2 is 1.38 bits per heavy atom. The van der Waals surface area contributed by atoms with Gasteiger partial charge in [-0.3, -0.25) is 4.79 Å². The van der Waals surface area contributed by atoms with Crippen LogP contribution in [0.5, 0.6) is 0 Å². The molecule has 0 aromatic heterocycles. The summed E-state index contributed by atoms with van der Waals surface area (Å²) in [6, 6.07) is 14.7. The third kappa shape index (κ3) is 6.37. The minimum atomic E-state index is -2.93. The van der Waals surface area contributed by atoms with Crippen molar-refractivity contribution >= 4 is 16.1 Å². The molecule has 0 heterocycles. The fourth-order valence-electron chi connectivity index (χ4n) is 1.96. The van der Waals surface area contributed by atoms with Crippen molar-refractivity contribution in [3.8, 4) is 11.8 Å². The molecule has 0 saturated carbocycles. The van der Waals surface area contributed by atoms with E-state index >= 15 is 0 Å². The second-order valence-corrected chi connectivity index (χ2v) is 7.69. The van der Waals surface area contributed by atoms with Crippen molar-refractivity contribution in [2.75, 3.05) is 18.6 Å². The molecule has 123 valence electrons. The summed E-state index contributed by atoms with van der Waals surface area (Å²) in [6.07, 6.45) is 3.05. The van der Waals surface area contributed by atoms with Gasteiger partial charge in [0.1, 0.15) is 9.84 Å². The second-order valence-electron chi connectivity index (χ2n) is 5.43. The molecule has 4 nitrogen and oxygen atoms in total. The molecule has 24 heavy (non-hydrogen) atoms. The summed E-state index contributed by atoms with van der Waals surface area (Å²) in [7, 11) is -2.93. The van der Waals surface area contributed by atoms with Gasteiger partial charge in [-0.15, -0.1) is 0 Å². The van der Waals surface area contributed by atoms with E-state index in [1.807, 2.05) is 30.6 Å². The molecule has 2 aromatic carbocycles. The minimum absolute atomic E-state index is 0.136.